The molecule has 0 fully saturated rings. The molecule has 2 heterocycles. The summed E-state index contributed by atoms with van der Waals surface area (Å²) < 4.78 is 0. The number of nitrogens with one attached hydrogen (secondary N) is 1. The molecule has 1 N–H and O–H groups in total. The van der Waals surface area contributed by atoms with Gasteiger partial charge in [-0.3, -0.25) is 0 Å². The third kappa shape index (κ3) is 3.21. The number of anilines is 4. The largest absolute Gasteiger partial charge is 1.00 e. The summed E-state index contributed by atoms with van der Waals surface area (Å²) in [4.78, 5) is 8.69. The van der Waals surface area contributed by atoms with E-state index in [2.05, 4.69) is 117 Å². The van der Waals surface area contributed by atoms with Gasteiger partial charge in [0.1, 0.15) is 17.5 Å². The molecule has 5 rings (SSSR count). The number of benzene rings is 3. The van der Waals surface area contributed by atoms with Crippen molar-refractivity contribution in [1.82, 2.24) is 0 Å². The predicted octanol–water partition coefficient (Wildman–Crippen LogP) is 1.89. The summed E-state index contributed by atoms with van der Waals surface area (Å²) in [5.74, 6) is 0. The topological polar surface area (TPSA) is 14.2 Å². The fourth-order valence-corrected chi connectivity index (χ4v) is 5.25. The molecule has 0 aromatic heterocycles. The minimum Gasteiger partial charge on any atom is -1.00 e. The first-order chi connectivity index (χ1) is 14.4. The molecule has 0 saturated carbocycles. The molecule has 4 nitrogen and oxygen atoms in total. The van der Waals surface area contributed by atoms with Gasteiger partial charge in [-0.15, -0.1) is 0 Å². The number of nitrogens with zero attached hydrogens (tertiary/aromatic N) is 3. The van der Waals surface area contributed by atoms with E-state index in [1.165, 1.54) is 50.2 Å². The molecule has 0 aliphatic carbocycles. The predicted molar refractivity (Wildman–Crippen MR) is 127 cm³/mol. The van der Waals surface area contributed by atoms with Crippen molar-refractivity contribution in [2.75, 3.05) is 28.8 Å². The summed E-state index contributed by atoms with van der Waals surface area (Å²) in [6.45, 7) is 9.12. The standard InChI is InChI=1S/C26H30N4.HI/c1-17-15-25(29-19(3)27(5)21-11-7-9-13-23(21)29)18(2)26(16-17)30-20(4)28(6)22-12-8-10-14-24(22)30;/h7-16,19-20H,1-6H3;1H/t19-,20+;. The van der Waals surface area contributed by atoms with Crippen LogP contribution in [0.2, 0.25) is 0 Å². The lowest BCUT2D eigenvalue weighted by atomic mass is 10.0. The summed E-state index contributed by atoms with van der Waals surface area (Å²) in [5, 5.41) is 0. The Balaban J connectivity index is 0.00000231. The number of halogens is 1. The molecule has 3 aromatic rings. The van der Waals surface area contributed by atoms with E-state index < -0.39 is 0 Å². The Labute approximate surface area is 203 Å². The van der Waals surface area contributed by atoms with Crippen LogP contribution in [0.1, 0.15) is 25.0 Å². The zero-order chi connectivity index (χ0) is 21.2. The van der Waals surface area contributed by atoms with Crippen LogP contribution in [0.4, 0.5) is 34.1 Å². The van der Waals surface area contributed by atoms with Crippen molar-refractivity contribution in [3.05, 3.63) is 71.8 Å². The van der Waals surface area contributed by atoms with Gasteiger partial charge in [-0.1, -0.05) is 24.3 Å². The molecule has 1 unspecified atom stereocenters. The summed E-state index contributed by atoms with van der Waals surface area (Å²) in [7, 11) is 4.39. The van der Waals surface area contributed by atoms with Gasteiger partial charge in [0.25, 0.3) is 0 Å². The molecule has 0 radical (unpaired) electrons. The summed E-state index contributed by atoms with van der Waals surface area (Å²) >= 11 is 0. The highest BCUT2D eigenvalue weighted by Crippen LogP contribution is 2.45. The molecule has 0 bridgehead atoms. The maximum atomic E-state index is 2.50. The van der Waals surface area contributed by atoms with Gasteiger partial charge in [0.2, 0.25) is 0 Å². The first kappa shape index (κ1) is 22.0. The van der Waals surface area contributed by atoms with E-state index in [1.54, 1.807) is 0 Å². The van der Waals surface area contributed by atoms with Crippen LogP contribution in [0, 0.1) is 13.8 Å². The van der Waals surface area contributed by atoms with E-state index in [-0.39, 0.29) is 30.1 Å². The van der Waals surface area contributed by atoms with E-state index in [4.69, 9.17) is 0 Å². The SMILES string of the molecule is Cc1cc(N2c3ccccc3N(C)[C@H]2C)c(C)c([NH+]2c3ccccc3N(C)[C@@H]2C)c1.[I-]. The van der Waals surface area contributed by atoms with Gasteiger partial charge in [-0.05, 0) is 50.6 Å². The second-order valence-electron chi connectivity index (χ2n) is 8.78. The molecule has 162 valence electrons. The highest BCUT2D eigenvalue weighted by atomic mass is 127. The van der Waals surface area contributed by atoms with Gasteiger partial charge >= 0.3 is 0 Å². The van der Waals surface area contributed by atoms with Gasteiger partial charge in [-0.25, -0.2) is 4.90 Å². The Bertz CT molecular complexity index is 1040. The van der Waals surface area contributed by atoms with Crippen molar-refractivity contribution in [2.24, 2.45) is 0 Å². The lowest BCUT2D eigenvalue weighted by molar-refractivity contribution is -0.780. The number of quaternary nitrogens is 1. The van der Waals surface area contributed by atoms with Crippen LogP contribution in [-0.2, 0) is 0 Å². The van der Waals surface area contributed by atoms with Crippen molar-refractivity contribution < 1.29 is 28.9 Å². The van der Waals surface area contributed by atoms with Crippen LogP contribution < -0.4 is 43.6 Å². The van der Waals surface area contributed by atoms with Crippen molar-refractivity contribution in [2.45, 2.75) is 40.0 Å². The zero-order valence-electron chi connectivity index (χ0n) is 19.1. The molecule has 0 amide bonds. The molecular formula is C26H31IN4. The van der Waals surface area contributed by atoms with Gasteiger partial charge in [0.15, 0.2) is 11.9 Å². The van der Waals surface area contributed by atoms with Crippen LogP contribution in [0.5, 0.6) is 0 Å². The van der Waals surface area contributed by atoms with Gasteiger partial charge < -0.3 is 38.7 Å². The van der Waals surface area contributed by atoms with E-state index in [0.29, 0.717) is 6.17 Å². The van der Waals surface area contributed by atoms with Crippen LogP contribution in [0.3, 0.4) is 0 Å². The van der Waals surface area contributed by atoms with E-state index in [1.807, 2.05) is 0 Å². The summed E-state index contributed by atoms with van der Waals surface area (Å²) in [6.07, 6.45) is 0.624. The Hall–Kier alpha value is -2.25. The van der Waals surface area contributed by atoms with Crippen LogP contribution in [0.15, 0.2) is 60.7 Å². The molecule has 0 spiro atoms. The highest BCUT2D eigenvalue weighted by molar-refractivity contribution is 5.85. The van der Waals surface area contributed by atoms with Crippen molar-refractivity contribution in [3.63, 3.8) is 0 Å². The maximum absolute atomic E-state index is 2.50. The summed E-state index contributed by atoms with van der Waals surface area (Å²) in [6, 6.07) is 22.3. The lowest BCUT2D eigenvalue weighted by Crippen LogP contribution is -3.06. The minimum atomic E-state index is 0. The third-order valence-corrected chi connectivity index (χ3v) is 7.10. The zero-order valence-corrected chi connectivity index (χ0v) is 21.3. The molecular weight excluding hydrogens is 495 g/mol. The highest BCUT2D eigenvalue weighted by Gasteiger charge is 2.39. The fraction of sp³-hybridized carbons (Fsp3) is 0.308. The number of rotatable bonds is 2. The Morgan fingerprint density at radius 1 is 0.710 bits per heavy atom. The Morgan fingerprint density at radius 2 is 1.32 bits per heavy atom. The molecule has 2 aliphatic rings. The number of hydrogen-bond acceptors (Lipinski definition) is 3. The first-order valence-electron chi connectivity index (χ1n) is 10.8. The van der Waals surface area contributed by atoms with Gasteiger partial charge in [0.05, 0.1) is 17.1 Å². The summed E-state index contributed by atoms with van der Waals surface area (Å²) in [5.41, 5.74) is 10.6. The van der Waals surface area contributed by atoms with Crippen LogP contribution in [-0.4, -0.2) is 26.4 Å². The van der Waals surface area contributed by atoms with E-state index in [0.717, 1.165) is 0 Å². The molecule has 3 atom stereocenters. The van der Waals surface area contributed by atoms with E-state index in [9.17, 15) is 0 Å². The Kier molecular flexibility index (Phi) is 5.68. The molecule has 3 aromatic carbocycles. The number of aryl methyl sites for hydroxylation is 1. The van der Waals surface area contributed by atoms with E-state index >= 15 is 0 Å². The average molecular weight is 526 g/mol. The van der Waals surface area contributed by atoms with Gasteiger partial charge in [0, 0.05) is 38.7 Å². The molecule has 2 aliphatic heterocycles. The fourth-order valence-electron chi connectivity index (χ4n) is 5.25. The first-order valence-corrected chi connectivity index (χ1v) is 10.8. The molecule has 0 saturated heterocycles. The number of hydrogen-bond donors (Lipinski definition) is 1. The van der Waals surface area contributed by atoms with Crippen LogP contribution in [0.25, 0.3) is 0 Å². The molecule has 31 heavy (non-hydrogen) atoms. The molecule has 5 heteroatoms. The average Bonchev–Trinajstić information content (AvgIpc) is 3.15. The normalized spacial score (nSPS) is 21.7. The van der Waals surface area contributed by atoms with Crippen molar-refractivity contribution >= 4 is 34.1 Å². The van der Waals surface area contributed by atoms with Gasteiger partial charge in [-0.2, -0.15) is 0 Å². The second-order valence-corrected chi connectivity index (χ2v) is 8.78. The van der Waals surface area contributed by atoms with Crippen molar-refractivity contribution in [1.29, 1.82) is 0 Å². The van der Waals surface area contributed by atoms with Crippen LogP contribution >= 0.6 is 0 Å². The maximum Gasteiger partial charge on any atom is 0.169 e. The quantitative estimate of drug-likeness (QED) is 0.514. The minimum absolute atomic E-state index is 0. The number of fused-ring (bicyclic) bond motifs is 2. The third-order valence-electron chi connectivity index (χ3n) is 7.10. The lowest BCUT2D eigenvalue weighted by Gasteiger charge is -2.31. The number of para-hydroxylation sites is 4. The monoisotopic (exact) mass is 526 g/mol. The second kappa shape index (κ2) is 8.02. The smallest absolute Gasteiger partial charge is 0.169 e. The van der Waals surface area contributed by atoms with Crippen molar-refractivity contribution in [3.8, 4) is 0 Å². The Morgan fingerprint density at radius 3 is 2.03 bits per heavy atom.